The summed E-state index contributed by atoms with van der Waals surface area (Å²) in [5.74, 6) is 0.471. The van der Waals surface area contributed by atoms with Crippen molar-refractivity contribution in [1.82, 2.24) is 0 Å². The maximum Gasteiger partial charge on any atom is 0.185 e. The Bertz CT molecular complexity index is 231. The molecule has 0 aliphatic rings. The molecule has 0 heterocycles. The van der Waals surface area contributed by atoms with Gasteiger partial charge in [0, 0.05) is 10.8 Å². The molecule has 0 radical (unpaired) electrons. The molecular weight excluding hydrogens is 192 g/mol. The highest BCUT2D eigenvalue weighted by Gasteiger charge is 2.36. The SMILES string of the molecule is COC(=N)C(C)(C)CC(C)(C)C(=N)OC. The fourth-order valence-corrected chi connectivity index (χ4v) is 1.82. The first kappa shape index (κ1) is 13.9. The fraction of sp³-hybridized carbons (Fsp3) is 0.818. The van der Waals surface area contributed by atoms with E-state index in [2.05, 4.69) is 0 Å². The van der Waals surface area contributed by atoms with Crippen molar-refractivity contribution < 1.29 is 9.47 Å². The molecule has 0 saturated heterocycles. The van der Waals surface area contributed by atoms with Crippen LogP contribution in [0.5, 0.6) is 0 Å². The van der Waals surface area contributed by atoms with Gasteiger partial charge in [0.2, 0.25) is 0 Å². The summed E-state index contributed by atoms with van der Waals surface area (Å²) in [6.07, 6.45) is 0.638. The molecule has 0 rings (SSSR count). The molecule has 4 heteroatoms. The average molecular weight is 214 g/mol. The number of nitrogens with one attached hydrogen (secondary N) is 2. The highest BCUT2D eigenvalue weighted by Crippen LogP contribution is 2.35. The van der Waals surface area contributed by atoms with Crippen LogP contribution >= 0.6 is 0 Å². The second kappa shape index (κ2) is 4.64. The lowest BCUT2D eigenvalue weighted by molar-refractivity contribution is 0.232. The van der Waals surface area contributed by atoms with E-state index in [1.807, 2.05) is 27.7 Å². The van der Waals surface area contributed by atoms with Crippen molar-refractivity contribution in [3.05, 3.63) is 0 Å². The Morgan fingerprint density at radius 2 is 1.13 bits per heavy atom. The van der Waals surface area contributed by atoms with Crippen molar-refractivity contribution in [1.29, 1.82) is 10.8 Å². The molecule has 0 unspecified atom stereocenters. The predicted molar refractivity (Wildman–Crippen MR) is 61.7 cm³/mol. The number of rotatable bonds is 4. The number of hydrogen-bond acceptors (Lipinski definition) is 4. The smallest absolute Gasteiger partial charge is 0.185 e. The molecular formula is C11H22N2O2. The minimum absolute atomic E-state index is 0.236. The van der Waals surface area contributed by atoms with Gasteiger partial charge in [-0.05, 0) is 6.42 Å². The van der Waals surface area contributed by atoms with E-state index in [4.69, 9.17) is 20.3 Å². The molecule has 0 atom stereocenters. The average Bonchev–Trinajstić information content (AvgIpc) is 2.13. The van der Waals surface area contributed by atoms with Crippen LogP contribution in [0.15, 0.2) is 0 Å². The van der Waals surface area contributed by atoms with Crippen molar-refractivity contribution in [3.63, 3.8) is 0 Å². The standard InChI is InChI=1S/C11H22N2O2/c1-10(2,8(12)14-5)7-11(3,4)9(13)15-6/h12-13H,7H2,1-6H3. The zero-order valence-corrected chi connectivity index (χ0v) is 10.5. The second-order valence-electron chi connectivity index (χ2n) is 5.01. The first-order valence-electron chi connectivity index (χ1n) is 4.93. The fourth-order valence-electron chi connectivity index (χ4n) is 1.82. The van der Waals surface area contributed by atoms with E-state index >= 15 is 0 Å². The van der Waals surface area contributed by atoms with Gasteiger partial charge in [0.05, 0.1) is 14.2 Å². The normalized spacial score (nSPS) is 12.1. The predicted octanol–water partition coefficient (Wildman–Crippen LogP) is 2.68. The second-order valence-corrected chi connectivity index (χ2v) is 5.01. The van der Waals surface area contributed by atoms with Gasteiger partial charge in [-0.2, -0.15) is 0 Å². The summed E-state index contributed by atoms with van der Waals surface area (Å²) in [5, 5.41) is 15.4. The summed E-state index contributed by atoms with van der Waals surface area (Å²) in [4.78, 5) is 0. The molecule has 0 aliphatic heterocycles. The van der Waals surface area contributed by atoms with Crippen LogP contribution in [0.4, 0.5) is 0 Å². The Kier molecular flexibility index (Phi) is 4.31. The summed E-state index contributed by atoms with van der Waals surface area (Å²) in [7, 11) is 3.00. The largest absolute Gasteiger partial charge is 0.484 e. The molecule has 0 aromatic heterocycles. The van der Waals surface area contributed by atoms with Crippen molar-refractivity contribution in [3.8, 4) is 0 Å². The van der Waals surface area contributed by atoms with Gasteiger partial charge >= 0.3 is 0 Å². The maximum absolute atomic E-state index is 7.68. The van der Waals surface area contributed by atoms with Crippen LogP contribution in [0.3, 0.4) is 0 Å². The highest BCUT2D eigenvalue weighted by molar-refractivity contribution is 5.82. The highest BCUT2D eigenvalue weighted by atomic mass is 16.5. The number of methoxy groups -OCH3 is 2. The van der Waals surface area contributed by atoms with Crippen LogP contribution in [-0.2, 0) is 9.47 Å². The molecule has 0 saturated carbocycles. The van der Waals surface area contributed by atoms with Gasteiger partial charge in [-0.25, -0.2) is 0 Å². The monoisotopic (exact) mass is 214 g/mol. The third-order valence-electron chi connectivity index (χ3n) is 2.52. The lowest BCUT2D eigenvalue weighted by Crippen LogP contribution is -2.35. The van der Waals surface area contributed by atoms with E-state index in [1.54, 1.807) is 0 Å². The maximum atomic E-state index is 7.68. The zero-order chi connectivity index (χ0) is 12.3. The van der Waals surface area contributed by atoms with Gasteiger partial charge in [0.25, 0.3) is 0 Å². The summed E-state index contributed by atoms with van der Waals surface area (Å²) in [6, 6.07) is 0. The Morgan fingerprint density at radius 3 is 1.33 bits per heavy atom. The molecule has 0 amide bonds. The van der Waals surface area contributed by atoms with E-state index < -0.39 is 0 Å². The Morgan fingerprint density at radius 1 is 0.867 bits per heavy atom. The van der Waals surface area contributed by atoms with Crippen LogP contribution in [0, 0.1) is 21.6 Å². The van der Waals surface area contributed by atoms with Gasteiger partial charge in [0.15, 0.2) is 11.8 Å². The molecule has 0 fully saturated rings. The van der Waals surface area contributed by atoms with Crippen LogP contribution in [0.2, 0.25) is 0 Å². The molecule has 2 N–H and O–H groups in total. The molecule has 15 heavy (non-hydrogen) atoms. The topological polar surface area (TPSA) is 66.2 Å². The van der Waals surface area contributed by atoms with E-state index in [9.17, 15) is 0 Å². The van der Waals surface area contributed by atoms with Crippen molar-refractivity contribution >= 4 is 11.8 Å². The summed E-state index contributed by atoms with van der Waals surface area (Å²) in [6.45, 7) is 7.74. The van der Waals surface area contributed by atoms with E-state index in [0.29, 0.717) is 6.42 Å². The van der Waals surface area contributed by atoms with Crippen LogP contribution in [-0.4, -0.2) is 26.0 Å². The van der Waals surface area contributed by atoms with Gasteiger partial charge in [-0.15, -0.1) is 0 Å². The van der Waals surface area contributed by atoms with Gasteiger partial charge in [-0.1, -0.05) is 27.7 Å². The van der Waals surface area contributed by atoms with Crippen LogP contribution < -0.4 is 0 Å². The van der Waals surface area contributed by atoms with Gasteiger partial charge in [0.1, 0.15) is 0 Å². The lowest BCUT2D eigenvalue weighted by atomic mass is 9.74. The lowest BCUT2D eigenvalue weighted by Gasteiger charge is -2.33. The van der Waals surface area contributed by atoms with Crippen molar-refractivity contribution in [2.45, 2.75) is 34.1 Å². The molecule has 0 aliphatic carbocycles. The van der Waals surface area contributed by atoms with Crippen LogP contribution in [0.1, 0.15) is 34.1 Å². The van der Waals surface area contributed by atoms with Gasteiger partial charge < -0.3 is 9.47 Å². The first-order chi connectivity index (χ1) is 6.67. The Hall–Kier alpha value is -1.06. The van der Waals surface area contributed by atoms with Crippen LogP contribution in [0.25, 0.3) is 0 Å². The first-order valence-corrected chi connectivity index (χ1v) is 4.93. The number of hydrogen-bond donors (Lipinski definition) is 2. The Balaban J connectivity index is 4.71. The molecule has 88 valence electrons. The quantitative estimate of drug-likeness (QED) is 0.558. The number of ether oxygens (including phenoxy) is 2. The molecule has 0 aromatic rings. The van der Waals surface area contributed by atoms with E-state index in [1.165, 1.54) is 14.2 Å². The summed E-state index contributed by atoms with van der Waals surface area (Å²) in [5.41, 5.74) is -0.772. The van der Waals surface area contributed by atoms with Crippen molar-refractivity contribution in [2.75, 3.05) is 14.2 Å². The Labute approximate surface area is 92.0 Å². The van der Waals surface area contributed by atoms with Crippen molar-refractivity contribution in [2.24, 2.45) is 10.8 Å². The third kappa shape index (κ3) is 3.53. The minimum atomic E-state index is -0.386. The zero-order valence-electron chi connectivity index (χ0n) is 10.5. The van der Waals surface area contributed by atoms with Gasteiger partial charge in [-0.3, -0.25) is 10.8 Å². The molecule has 4 nitrogen and oxygen atoms in total. The van der Waals surface area contributed by atoms with E-state index in [0.717, 1.165) is 0 Å². The molecule has 0 spiro atoms. The molecule has 0 aromatic carbocycles. The summed E-state index contributed by atoms with van der Waals surface area (Å²) >= 11 is 0. The third-order valence-corrected chi connectivity index (χ3v) is 2.52. The summed E-state index contributed by atoms with van der Waals surface area (Å²) < 4.78 is 9.89. The van der Waals surface area contributed by atoms with E-state index in [-0.39, 0.29) is 22.6 Å². The minimum Gasteiger partial charge on any atom is -0.484 e. The molecule has 0 bridgehead atoms.